The number of carbonyl (C=O) groups excluding carboxylic acids is 1. The fourth-order valence-electron chi connectivity index (χ4n) is 2.85. The summed E-state index contributed by atoms with van der Waals surface area (Å²) in [6.45, 7) is 2.52. The lowest BCUT2D eigenvalue weighted by Gasteiger charge is -2.07. The van der Waals surface area contributed by atoms with Crippen molar-refractivity contribution in [2.45, 2.75) is 26.3 Å². The molecule has 1 amide bonds. The molecule has 1 aromatic carbocycles. The van der Waals surface area contributed by atoms with Gasteiger partial charge in [-0.2, -0.15) is 5.10 Å². The molecule has 0 spiro atoms. The van der Waals surface area contributed by atoms with Gasteiger partial charge in [0.25, 0.3) is 11.5 Å². The van der Waals surface area contributed by atoms with Gasteiger partial charge in [0, 0.05) is 18.3 Å². The summed E-state index contributed by atoms with van der Waals surface area (Å²) in [4.78, 5) is 32.0. The molecule has 4 aromatic rings. The first-order valence-corrected chi connectivity index (χ1v) is 9.07. The van der Waals surface area contributed by atoms with Gasteiger partial charge in [0.1, 0.15) is 5.69 Å². The number of anilines is 1. The standard InChI is InChI=1S/C20H19N5O3/c1-2-3-10-25-18(26)9-8-15(24-25)20(27)21-13-6-7-14-16(12-13)23-19(22-14)17-5-4-11-28-17/h4-9,11-12H,2-3,10H2,1H3,(H,21,27)(H,22,23). The zero-order valence-corrected chi connectivity index (χ0v) is 15.3. The van der Waals surface area contributed by atoms with Crippen LogP contribution in [0.2, 0.25) is 0 Å². The number of amides is 1. The molecule has 0 radical (unpaired) electrons. The van der Waals surface area contributed by atoms with Crippen molar-refractivity contribution in [1.82, 2.24) is 19.7 Å². The molecule has 0 unspecified atom stereocenters. The number of imidazole rings is 1. The van der Waals surface area contributed by atoms with Crippen LogP contribution in [0, 0.1) is 0 Å². The van der Waals surface area contributed by atoms with Gasteiger partial charge in [-0.25, -0.2) is 9.67 Å². The van der Waals surface area contributed by atoms with Gasteiger partial charge in [-0.15, -0.1) is 0 Å². The van der Waals surface area contributed by atoms with Crippen LogP contribution in [-0.4, -0.2) is 25.7 Å². The quantitative estimate of drug-likeness (QED) is 0.535. The summed E-state index contributed by atoms with van der Waals surface area (Å²) in [7, 11) is 0. The summed E-state index contributed by atoms with van der Waals surface area (Å²) in [6.07, 6.45) is 3.35. The smallest absolute Gasteiger partial charge is 0.276 e. The predicted molar refractivity (Wildman–Crippen MR) is 105 cm³/mol. The monoisotopic (exact) mass is 377 g/mol. The van der Waals surface area contributed by atoms with Crippen molar-refractivity contribution in [2.24, 2.45) is 0 Å². The molecule has 142 valence electrons. The molecule has 8 heteroatoms. The summed E-state index contributed by atoms with van der Waals surface area (Å²) < 4.78 is 6.68. The molecule has 0 aliphatic heterocycles. The second kappa shape index (κ2) is 7.51. The second-order valence-electron chi connectivity index (χ2n) is 6.38. The Morgan fingerprint density at radius 2 is 2.14 bits per heavy atom. The third kappa shape index (κ3) is 3.57. The van der Waals surface area contributed by atoms with Gasteiger partial charge in [0.15, 0.2) is 11.6 Å². The molecule has 0 aliphatic rings. The van der Waals surface area contributed by atoms with Crippen molar-refractivity contribution in [1.29, 1.82) is 0 Å². The number of nitrogens with zero attached hydrogens (tertiary/aromatic N) is 3. The van der Waals surface area contributed by atoms with Gasteiger partial charge in [-0.3, -0.25) is 9.59 Å². The first-order valence-electron chi connectivity index (χ1n) is 9.07. The number of unbranched alkanes of at least 4 members (excludes halogenated alkanes) is 1. The molecule has 8 nitrogen and oxygen atoms in total. The van der Waals surface area contributed by atoms with Crippen LogP contribution < -0.4 is 10.9 Å². The number of H-pyrrole nitrogens is 1. The van der Waals surface area contributed by atoms with E-state index in [2.05, 4.69) is 20.4 Å². The SMILES string of the molecule is CCCCn1nc(C(=O)Nc2ccc3nc(-c4ccco4)[nH]c3c2)ccc1=O. The van der Waals surface area contributed by atoms with Crippen molar-refractivity contribution >= 4 is 22.6 Å². The highest BCUT2D eigenvalue weighted by molar-refractivity contribution is 6.03. The lowest BCUT2D eigenvalue weighted by atomic mass is 10.2. The number of nitrogens with one attached hydrogen (secondary N) is 2. The average molecular weight is 377 g/mol. The number of rotatable bonds is 6. The van der Waals surface area contributed by atoms with Gasteiger partial charge in [0.2, 0.25) is 0 Å². The van der Waals surface area contributed by atoms with Crippen LogP contribution in [0.5, 0.6) is 0 Å². The summed E-state index contributed by atoms with van der Waals surface area (Å²) >= 11 is 0. The van der Waals surface area contributed by atoms with Crippen molar-refractivity contribution < 1.29 is 9.21 Å². The molecule has 28 heavy (non-hydrogen) atoms. The largest absolute Gasteiger partial charge is 0.461 e. The lowest BCUT2D eigenvalue weighted by Crippen LogP contribution is -2.26. The van der Waals surface area contributed by atoms with Gasteiger partial charge in [-0.1, -0.05) is 13.3 Å². The molecule has 0 bridgehead atoms. The maximum absolute atomic E-state index is 12.5. The molecule has 2 N–H and O–H groups in total. The zero-order chi connectivity index (χ0) is 19.5. The summed E-state index contributed by atoms with van der Waals surface area (Å²) in [5.74, 6) is 0.879. The van der Waals surface area contributed by atoms with Crippen molar-refractivity contribution in [3.63, 3.8) is 0 Å². The number of hydrogen-bond acceptors (Lipinski definition) is 5. The molecule has 3 heterocycles. The number of aromatic nitrogens is 4. The Labute approximate surface area is 160 Å². The van der Waals surface area contributed by atoms with E-state index in [0.29, 0.717) is 23.8 Å². The van der Waals surface area contributed by atoms with Crippen LogP contribution in [0.1, 0.15) is 30.3 Å². The van der Waals surface area contributed by atoms with Crippen LogP contribution in [0.25, 0.3) is 22.6 Å². The topological polar surface area (TPSA) is 106 Å². The van der Waals surface area contributed by atoms with Crippen molar-refractivity contribution in [2.75, 3.05) is 5.32 Å². The summed E-state index contributed by atoms with van der Waals surface area (Å²) in [5.41, 5.74) is 2.10. The highest BCUT2D eigenvalue weighted by Crippen LogP contribution is 2.23. The number of furan rings is 1. The number of aromatic amines is 1. The minimum absolute atomic E-state index is 0.191. The Kier molecular flexibility index (Phi) is 4.76. The summed E-state index contributed by atoms with van der Waals surface area (Å²) in [5, 5.41) is 6.97. The van der Waals surface area contributed by atoms with Crippen LogP contribution >= 0.6 is 0 Å². The van der Waals surface area contributed by atoms with E-state index in [1.165, 1.54) is 16.8 Å². The van der Waals surface area contributed by atoms with E-state index in [1.54, 1.807) is 24.5 Å². The zero-order valence-electron chi connectivity index (χ0n) is 15.3. The normalized spacial score (nSPS) is 11.0. The maximum Gasteiger partial charge on any atom is 0.276 e. The van der Waals surface area contributed by atoms with E-state index in [1.807, 2.05) is 19.1 Å². The number of carbonyl (C=O) groups is 1. The molecule has 0 saturated heterocycles. The Balaban J connectivity index is 1.56. The summed E-state index contributed by atoms with van der Waals surface area (Å²) in [6, 6.07) is 11.8. The first-order chi connectivity index (χ1) is 13.6. The number of aryl methyl sites for hydroxylation is 1. The molecule has 0 fully saturated rings. The fourth-order valence-corrected chi connectivity index (χ4v) is 2.85. The van der Waals surface area contributed by atoms with Crippen LogP contribution in [0.15, 0.2) is 57.9 Å². The first kappa shape index (κ1) is 17.7. The van der Waals surface area contributed by atoms with E-state index in [0.717, 1.165) is 23.9 Å². The van der Waals surface area contributed by atoms with E-state index >= 15 is 0 Å². The molecule has 3 aromatic heterocycles. The molecule has 0 aliphatic carbocycles. The number of benzene rings is 1. The van der Waals surface area contributed by atoms with E-state index in [-0.39, 0.29) is 17.2 Å². The van der Waals surface area contributed by atoms with Gasteiger partial charge >= 0.3 is 0 Å². The van der Waals surface area contributed by atoms with Crippen molar-refractivity contribution in [3.05, 3.63) is 64.8 Å². The van der Waals surface area contributed by atoms with Crippen LogP contribution in [0.4, 0.5) is 5.69 Å². The Morgan fingerprint density at radius 3 is 2.93 bits per heavy atom. The molecule has 0 saturated carbocycles. The average Bonchev–Trinajstić information content (AvgIpc) is 3.36. The highest BCUT2D eigenvalue weighted by atomic mass is 16.3. The second-order valence-corrected chi connectivity index (χ2v) is 6.38. The molecule has 4 rings (SSSR count). The minimum Gasteiger partial charge on any atom is -0.461 e. The van der Waals surface area contributed by atoms with Crippen molar-refractivity contribution in [3.8, 4) is 11.6 Å². The van der Waals surface area contributed by atoms with E-state index in [4.69, 9.17) is 4.42 Å². The van der Waals surface area contributed by atoms with Gasteiger partial charge < -0.3 is 14.7 Å². The third-order valence-electron chi connectivity index (χ3n) is 4.32. The Morgan fingerprint density at radius 1 is 1.25 bits per heavy atom. The molecule has 0 atom stereocenters. The van der Waals surface area contributed by atoms with Crippen LogP contribution in [0.3, 0.4) is 0 Å². The molecular weight excluding hydrogens is 358 g/mol. The molecular formula is C20H19N5O3. The minimum atomic E-state index is -0.379. The predicted octanol–water partition coefficient (Wildman–Crippen LogP) is 3.43. The van der Waals surface area contributed by atoms with Gasteiger partial charge in [0.05, 0.1) is 17.3 Å². The Bertz CT molecular complexity index is 1170. The van der Waals surface area contributed by atoms with Gasteiger partial charge in [-0.05, 0) is 42.8 Å². The highest BCUT2D eigenvalue weighted by Gasteiger charge is 2.12. The number of hydrogen-bond donors (Lipinski definition) is 2. The third-order valence-corrected chi connectivity index (χ3v) is 4.32. The van der Waals surface area contributed by atoms with E-state index in [9.17, 15) is 9.59 Å². The number of fused-ring (bicyclic) bond motifs is 1. The van der Waals surface area contributed by atoms with Crippen LogP contribution in [-0.2, 0) is 6.54 Å². The Hall–Kier alpha value is -3.68. The fraction of sp³-hybridized carbons (Fsp3) is 0.200. The maximum atomic E-state index is 12.5. The lowest BCUT2D eigenvalue weighted by molar-refractivity contribution is 0.102. The van der Waals surface area contributed by atoms with E-state index < -0.39 is 0 Å².